The number of hydrogen-bond acceptors (Lipinski definition) is 5. The van der Waals surface area contributed by atoms with Gasteiger partial charge in [-0.25, -0.2) is 4.98 Å². The third-order valence-corrected chi connectivity index (χ3v) is 3.38. The van der Waals surface area contributed by atoms with Crippen LogP contribution < -0.4 is 14.8 Å². The molecule has 1 N–H and O–H groups in total. The summed E-state index contributed by atoms with van der Waals surface area (Å²) in [6, 6.07) is 5.88. The quantitative estimate of drug-likeness (QED) is 0.901. The van der Waals surface area contributed by atoms with E-state index in [1.54, 1.807) is 25.6 Å². The van der Waals surface area contributed by atoms with Crippen molar-refractivity contribution >= 4 is 16.5 Å². The van der Waals surface area contributed by atoms with Gasteiger partial charge >= 0.3 is 0 Å². The first-order chi connectivity index (χ1) is 8.72. The Morgan fingerprint density at radius 1 is 1.22 bits per heavy atom. The van der Waals surface area contributed by atoms with Gasteiger partial charge in [0.2, 0.25) is 0 Å². The molecular formula is C13H16N2O2S. The maximum absolute atomic E-state index is 5.27. The van der Waals surface area contributed by atoms with Crippen molar-refractivity contribution in [3.8, 4) is 11.5 Å². The number of hydrogen-bond donors (Lipinski definition) is 1. The summed E-state index contributed by atoms with van der Waals surface area (Å²) in [4.78, 5) is 5.46. The van der Waals surface area contributed by atoms with E-state index in [0.29, 0.717) is 6.54 Å². The number of benzene rings is 1. The SMILES string of the molecule is COc1ccc(CNc2ncc(C)s2)cc1OC. The number of aromatic nitrogens is 1. The van der Waals surface area contributed by atoms with Crippen molar-refractivity contribution in [2.24, 2.45) is 0 Å². The van der Waals surface area contributed by atoms with Crippen molar-refractivity contribution in [3.05, 3.63) is 34.8 Å². The molecule has 0 aliphatic heterocycles. The van der Waals surface area contributed by atoms with Crippen LogP contribution in [-0.2, 0) is 6.54 Å². The predicted molar refractivity (Wildman–Crippen MR) is 73.7 cm³/mol. The summed E-state index contributed by atoms with van der Waals surface area (Å²) in [6.07, 6.45) is 1.86. The molecule has 2 aromatic rings. The van der Waals surface area contributed by atoms with E-state index in [9.17, 15) is 0 Å². The molecule has 0 aliphatic rings. The van der Waals surface area contributed by atoms with Crippen LogP contribution in [0.3, 0.4) is 0 Å². The minimum atomic E-state index is 0.716. The van der Waals surface area contributed by atoms with Crippen LogP contribution in [0.1, 0.15) is 10.4 Å². The largest absolute Gasteiger partial charge is 0.493 e. The van der Waals surface area contributed by atoms with Gasteiger partial charge in [0.1, 0.15) is 0 Å². The maximum atomic E-state index is 5.27. The lowest BCUT2D eigenvalue weighted by molar-refractivity contribution is 0.354. The van der Waals surface area contributed by atoms with Crippen molar-refractivity contribution in [3.63, 3.8) is 0 Å². The topological polar surface area (TPSA) is 43.4 Å². The van der Waals surface area contributed by atoms with Crippen LogP contribution in [0, 0.1) is 6.92 Å². The van der Waals surface area contributed by atoms with Gasteiger partial charge in [0, 0.05) is 17.6 Å². The second-order valence-corrected chi connectivity index (χ2v) is 5.05. The number of rotatable bonds is 5. The molecule has 0 amide bonds. The molecule has 0 spiro atoms. The Morgan fingerprint density at radius 2 is 2.00 bits per heavy atom. The zero-order valence-electron chi connectivity index (χ0n) is 10.7. The van der Waals surface area contributed by atoms with Crippen molar-refractivity contribution < 1.29 is 9.47 Å². The van der Waals surface area contributed by atoms with E-state index in [0.717, 1.165) is 22.2 Å². The van der Waals surface area contributed by atoms with Gasteiger partial charge in [0.05, 0.1) is 14.2 Å². The third kappa shape index (κ3) is 2.92. The minimum absolute atomic E-state index is 0.716. The predicted octanol–water partition coefficient (Wildman–Crippen LogP) is 3.08. The van der Waals surface area contributed by atoms with Crippen LogP contribution in [0.2, 0.25) is 0 Å². The molecular weight excluding hydrogens is 248 g/mol. The Morgan fingerprint density at radius 3 is 2.61 bits per heavy atom. The number of nitrogens with zero attached hydrogens (tertiary/aromatic N) is 1. The van der Waals surface area contributed by atoms with Crippen molar-refractivity contribution in [1.29, 1.82) is 0 Å². The lowest BCUT2D eigenvalue weighted by Crippen LogP contribution is -2.00. The van der Waals surface area contributed by atoms with E-state index in [1.807, 2.05) is 31.3 Å². The summed E-state index contributed by atoms with van der Waals surface area (Å²) in [5, 5.41) is 4.21. The number of methoxy groups -OCH3 is 2. The van der Waals surface area contributed by atoms with E-state index >= 15 is 0 Å². The molecule has 5 heteroatoms. The number of ether oxygens (including phenoxy) is 2. The maximum Gasteiger partial charge on any atom is 0.183 e. The zero-order chi connectivity index (χ0) is 13.0. The van der Waals surface area contributed by atoms with Crippen LogP contribution >= 0.6 is 11.3 Å². The summed E-state index contributed by atoms with van der Waals surface area (Å²) >= 11 is 1.65. The molecule has 0 saturated carbocycles. The van der Waals surface area contributed by atoms with Crippen molar-refractivity contribution in [1.82, 2.24) is 4.98 Å². The highest BCUT2D eigenvalue weighted by Crippen LogP contribution is 2.28. The van der Waals surface area contributed by atoms with Gasteiger partial charge in [-0.15, -0.1) is 11.3 Å². The van der Waals surface area contributed by atoms with Gasteiger partial charge in [-0.1, -0.05) is 6.07 Å². The molecule has 1 aromatic heterocycles. The lowest BCUT2D eigenvalue weighted by Gasteiger charge is -2.09. The van der Waals surface area contributed by atoms with E-state index < -0.39 is 0 Å². The molecule has 1 aromatic carbocycles. The Bertz CT molecular complexity index is 525. The molecule has 0 radical (unpaired) electrons. The number of thiazole rings is 1. The Balaban J connectivity index is 2.05. The van der Waals surface area contributed by atoms with E-state index in [4.69, 9.17) is 9.47 Å². The molecule has 0 unspecified atom stereocenters. The Labute approximate surface area is 111 Å². The highest BCUT2D eigenvalue weighted by Gasteiger charge is 2.05. The average molecular weight is 264 g/mol. The summed E-state index contributed by atoms with van der Waals surface area (Å²) < 4.78 is 10.5. The van der Waals surface area contributed by atoms with E-state index in [1.165, 1.54) is 4.88 Å². The smallest absolute Gasteiger partial charge is 0.183 e. The highest BCUT2D eigenvalue weighted by molar-refractivity contribution is 7.15. The highest BCUT2D eigenvalue weighted by atomic mass is 32.1. The van der Waals surface area contributed by atoms with Crippen molar-refractivity contribution in [2.75, 3.05) is 19.5 Å². The van der Waals surface area contributed by atoms with Crippen LogP contribution in [0.5, 0.6) is 11.5 Å². The summed E-state index contributed by atoms with van der Waals surface area (Å²) in [6.45, 7) is 2.76. The second kappa shape index (κ2) is 5.73. The van der Waals surface area contributed by atoms with Gasteiger partial charge < -0.3 is 14.8 Å². The van der Waals surface area contributed by atoms with Gasteiger partial charge in [0.15, 0.2) is 16.6 Å². The molecule has 0 fully saturated rings. The Hall–Kier alpha value is -1.75. The molecule has 96 valence electrons. The molecule has 0 atom stereocenters. The van der Waals surface area contributed by atoms with E-state index in [-0.39, 0.29) is 0 Å². The van der Waals surface area contributed by atoms with Crippen LogP contribution in [-0.4, -0.2) is 19.2 Å². The fraction of sp³-hybridized carbons (Fsp3) is 0.308. The molecule has 2 rings (SSSR count). The standard InChI is InChI=1S/C13H16N2O2S/c1-9-7-14-13(18-9)15-8-10-4-5-11(16-2)12(6-10)17-3/h4-7H,8H2,1-3H3,(H,14,15). The van der Waals surface area contributed by atoms with Crippen LogP contribution in [0.4, 0.5) is 5.13 Å². The molecule has 4 nitrogen and oxygen atoms in total. The number of nitrogens with one attached hydrogen (secondary N) is 1. The van der Waals surface area contributed by atoms with Gasteiger partial charge in [-0.2, -0.15) is 0 Å². The van der Waals surface area contributed by atoms with Crippen molar-refractivity contribution in [2.45, 2.75) is 13.5 Å². The fourth-order valence-electron chi connectivity index (χ4n) is 1.60. The molecule has 1 heterocycles. The second-order valence-electron chi connectivity index (χ2n) is 3.82. The zero-order valence-corrected chi connectivity index (χ0v) is 11.5. The first kappa shape index (κ1) is 12.7. The molecule has 0 aliphatic carbocycles. The average Bonchev–Trinajstić information content (AvgIpc) is 2.81. The van der Waals surface area contributed by atoms with E-state index in [2.05, 4.69) is 10.3 Å². The monoisotopic (exact) mass is 264 g/mol. The Kier molecular flexibility index (Phi) is 4.04. The number of aryl methyl sites for hydroxylation is 1. The summed E-state index contributed by atoms with van der Waals surface area (Å²) in [7, 11) is 3.27. The summed E-state index contributed by atoms with van der Waals surface area (Å²) in [5.74, 6) is 1.48. The van der Waals surface area contributed by atoms with Crippen LogP contribution in [0.25, 0.3) is 0 Å². The van der Waals surface area contributed by atoms with Gasteiger partial charge in [-0.05, 0) is 24.6 Å². The molecule has 0 saturated heterocycles. The fourth-order valence-corrected chi connectivity index (χ4v) is 2.26. The first-order valence-electron chi connectivity index (χ1n) is 5.60. The first-order valence-corrected chi connectivity index (χ1v) is 6.42. The van der Waals surface area contributed by atoms with Gasteiger partial charge in [-0.3, -0.25) is 0 Å². The third-order valence-electron chi connectivity index (χ3n) is 2.51. The normalized spacial score (nSPS) is 10.2. The minimum Gasteiger partial charge on any atom is -0.493 e. The lowest BCUT2D eigenvalue weighted by atomic mass is 10.2. The number of anilines is 1. The molecule has 18 heavy (non-hydrogen) atoms. The van der Waals surface area contributed by atoms with Crippen LogP contribution in [0.15, 0.2) is 24.4 Å². The molecule has 0 bridgehead atoms. The van der Waals surface area contributed by atoms with Gasteiger partial charge in [0.25, 0.3) is 0 Å². The summed E-state index contributed by atoms with van der Waals surface area (Å²) in [5.41, 5.74) is 1.13.